The molecule has 0 aliphatic rings. The summed E-state index contributed by atoms with van der Waals surface area (Å²) in [6, 6.07) is 5.98. The van der Waals surface area contributed by atoms with E-state index < -0.39 is 0 Å². The molecule has 7 heteroatoms. The Labute approximate surface area is 121 Å². The summed E-state index contributed by atoms with van der Waals surface area (Å²) in [5.74, 6) is 7.05. The highest BCUT2D eigenvalue weighted by molar-refractivity contribution is 7.99. The Morgan fingerprint density at radius 3 is 2.60 bits per heavy atom. The first-order chi connectivity index (χ1) is 9.72. The maximum absolute atomic E-state index is 12.9. The molecule has 0 saturated carbocycles. The predicted molar refractivity (Wildman–Crippen MR) is 77.2 cm³/mol. The molecule has 0 amide bonds. The van der Waals surface area contributed by atoms with Crippen LogP contribution in [-0.4, -0.2) is 32.3 Å². The topological polar surface area (TPSA) is 77.0 Å². The molecule has 20 heavy (non-hydrogen) atoms. The molecule has 0 aliphatic heterocycles. The third-order valence-electron chi connectivity index (χ3n) is 2.80. The fourth-order valence-electron chi connectivity index (χ4n) is 1.73. The number of aromatic nitrogens is 3. The third kappa shape index (κ3) is 3.71. The number of halogens is 1. The zero-order valence-electron chi connectivity index (χ0n) is 11.0. The van der Waals surface area contributed by atoms with Crippen LogP contribution in [-0.2, 0) is 0 Å². The van der Waals surface area contributed by atoms with Crippen molar-refractivity contribution in [2.75, 3.05) is 18.2 Å². The lowest BCUT2D eigenvalue weighted by Crippen LogP contribution is -2.11. The maximum atomic E-state index is 12.9. The molecular formula is C13H17FN4OS. The summed E-state index contributed by atoms with van der Waals surface area (Å²) < 4.78 is 14.3. The lowest BCUT2D eigenvalue weighted by molar-refractivity contribution is 0.284. The van der Waals surface area contributed by atoms with E-state index in [-0.39, 0.29) is 12.4 Å². The lowest BCUT2D eigenvalue weighted by Gasteiger charge is -2.03. The Kier molecular flexibility index (Phi) is 5.37. The number of hydrogen-bond acceptors (Lipinski definition) is 5. The van der Waals surface area contributed by atoms with Gasteiger partial charge in [0.05, 0.1) is 0 Å². The van der Waals surface area contributed by atoms with E-state index in [0.29, 0.717) is 11.0 Å². The highest BCUT2D eigenvalue weighted by atomic mass is 32.2. The molecule has 3 N–H and O–H groups in total. The molecule has 108 valence electrons. The Hall–Kier alpha value is -1.60. The van der Waals surface area contributed by atoms with Crippen molar-refractivity contribution in [1.82, 2.24) is 14.9 Å². The van der Waals surface area contributed by atoms with Gasteiger partial charge in [0.1, 0.15) is 5.82 Å². The van der Waals surface area contributed by atoms with Crippen LogP contribution in [0.15, 0.2) is 29.4 Å². The number of nitrogens with two attached hydrogens (primary N) is 1. The minimum absolute atomic E-state index is 0.229. The number of rotatable bonds is 7. The summed E-state index contributed by atoms with van der Waals surface area (Å²) in [6.45, 7) is 0.229. The molecule has 0 aliphatic carbocycles. The fraction of sp³-hybridized carbons (Fsp3) is 0.385. The van der Waals surface area contributed by atoms with E-state index in [0.717, 1.165) is 30.6 Å². The minimum atomic E-state index is -0.296. The molecule has 5 nitrogen and oxygen atoms in total. The molecule has 1 aromatic heterocycles. The molecule has 1 aromatic carbocycles. The second-order valence-corrected chi connectivity index (χ2v) is 5.38. The van der Waals surface area contributed by atoms with Crippen LogP contribution in [0.25, 0.3) is 11.4 Å². The van der Waals surface area contributed by atoms with Crippen LogP contribution < -0.4 is 5.84 Å². The molecule has 0 unspecified atom stereocenters. The van der Waals surface area contributed by atoms with Crippen LogP contribution >= 0.6 is 11.8 Å². The van der Waals surface area contributed by atoms with E-state index in [1.54, 1.807) is 12.1 Å². The first-order valence-electron chi connectivity index (χ1n) is 6.42. The van der Waals surface area contributed by atoms with Gasteiger partial charge in [0.15, 0.2) is 5.82 Å². The van der Waals surface area contributed by atoms with Crippen molar-refractivity contribution in [1.29, 1.82) is 0 Å². The molecule has 0 radical (unpaired) electrons. The van der Waals surface area contributed by atoms with Crippen molar-refractivity contribution >= 4 is 11.8 Å². The lowest BCUT2D eigenvalue weighted by atomic mass is 10.2. The van der Waals surface area contributed by atoms with Crippen molar-refractivity contribution < 1.29 is 9.50 Å². The van der Waals surface area contributed by atoms with E-state index in [1.165, 1.54) is 28.6 Å². The van der Waals surface area contributed by atoms with Gasteiger partial charge in [-0.2, -0.15) is 0 Å². The van der Waals surface area contributed by atoms with E-state index in [4.69, 9.17) is 10.9 Å². The first-order valence-corrected chi connectivity index (χ1v) is 7.41. The van der Waals surface area contributed by atoms with Crippen molar-refractivity contribution in [2.24, 2.45) is 0 Å². The quantitative estimate of drug-likeness (QED) is 0.464. The van der Waals surface area contributed by atoms with Crippen LogP contribution in [0.4, 0.5) is 4.39 Å². The SMILES string of the molecule is Nn1c(SCCCCCO)nnc1-c1ccc(F)cc1. The molecule has 2 rings (SSSR count). The van der Waals surface area contributed by atoms with E-state index >= 15 is 0 Å². The summed E-state index contributed by atoms with van der Waals surface area (Å²) >= 11 is 1.52. The Morgan fingerprint density at radius 2 is 1.90 bits per heavy atom. The smallest absolute Gasteiger partial charge is 0.210 e. The summed E-state index contributed by atoms with van der Waals surface area (Å²) in [4.78, 5) is 0. The summed E-state index contributed by atoms with van der Waals surface area (Å²) in [5, 5.41) is 17.4. The monoisotopic (exact) mass is 296 g/mol. The zero-order chi connectivity index (χ0) is 14.4. The van der Waals surface area contributed by atoms with Gasteiger partial charge in [-0.05, 0) is 37.1 Å². The van der Waals surface area contributed by atoms with Crippen molar-refractivity contribution in [3.8, 4) is 11.4 Å². The highest BCUT2D eigenvalue weighted by Crippen LogP contribution is 2.22. The second kappa shape index (κ2) is 7.25. The van der Waals surface area contributed by atoms with Gasteiger partial charge in [-0.3, -0.25) is 0 Å². The maximum Gasteiger partial charge on any atom is 0.210 e. The van der Waals surface area contributed by atoms with Crippen molar-refractivity contribution in [2.45, 2.75) is 24.4 Å². The van der Waals surface area contributed by atoms with Crippen LogP contribution in [0, 0.1) is 5.82 Å². The molecule has 0 saturated heterocycles. The van der Waals surface area contributed by atoms with E-state index in [9.17, 15) is 4.39 Å². The van der Waals surface area contributed by atoms with Gasteiger partial charge in [-0.25, -0.2) is 9.07 Å². The molecule has 1 heterocycles. The van der Waals surface area contributed by atoms with Crippen LogP contribution in [0.5, 0.6) is 0 Å². The van der Waals surface area contributed by atoms with E-state index in [1.807, 2.05) is 0 Å². The minimum Gasteiger partial charge on any atom is -0.396 e. The Bertz CT molecular complexity index is 544. The Balaban J connectivity index is 1.98. The molecule has 0 atom stereocenters. The molecule has 0 spiro atoms. The van der Waals surface area contributed by atoms with Gasteiger partial charge in [-0.1, -0.05) is 18.2 Å². The average Bonchev–Trinajstić information content (AvgIpc) is 2.81. The summed E-state index contributed by atoms with van der Waals surface area (Å²) in [5.41, 5.74) is 0.730. The number of benzene rings is 1. The number of hydrogen-bond donors (Lipinski definition) is 2. The number of nitrogens with zero attached hydrogens (tertiary/aromatic N) is 3. The Morgan fingerprint density at radius 1 is 1.15 bits per heavy atom. The summed E-state index contributed by atoms with van der Waals surface area (Å²) in [7, 11) is 0. The first kappa shape index (κ1) is 14.8. The number of aliphatic hydroxyl groups is 1. The molecule has 2 aromatic rings. The highest BCUT2D eigenvalue weighted by Gasteiger charge is 2.11. The third-order valence-corrected chi connectivity index (χ3v) is 3.83. The predicted octanol–water partition coefficient (Wildman–Crippen LogP) is 2.05. The van der Waals surface area contributed by atoms with Gasteiger partial charge in [0, 0.05) is 17.9 Å². The van der Waals surface area contributed by atoms with E-state index in [2.05, 4.69) is 10.2 Å². The van der Waals surface area contributed by atoms with Gasteiger partial charge in [0.2, 0.25) is 5.16 Å². The fourth-order valence-corrected chi connectivity index (χ4v) is 2.58. The molecule has 0 bridgehead atoms. The van der Waals surface area contributed by atoms with Crippen molar-refractivity contribution in [3.05, 3.63) is 30.1 Å². The van der Waals surface area contributed by atoms with Crippen molar-refractivity contribution in [3.63, 3.8) is 0 Å². The second-order valence-electron chi connectivity index (χ2n) is 4.32. The zero-order valence-corrected chi connectivity index (χ0v) is 11.8. The number of thioether (sulfide) groups is 1. The van der Waals surface area contributed by atoms with Crippen LogP contribution in [0.1, 0.15) is 19.3 Å². The van der Waals surface area contributed by atoms with Gasteiger partial charge < -0.3 is 10.9 Å². The van der Waals surface area contributed by atoms with Gasteiger partial charge in [0.25, 0.3) is 0 Å². The van der Waals surface area contributed by atoms with Crippen LogP contribution in [0.2, 0.25) is 0 Å². The van der Waals surface area contributed by atoms with Crippen LogP contribution in [0.3, 0.4) is 0 Å². The molecular weight excluding hydrogens is 279 g/mol. The number of unbranched alkanes of at least 4 members (excludes halogenated alkanes) is 2. The van der Waals surface area contributed by atoms with Gasteiger partial charge >= 0.3 is 0 Å². The number of nitrogen functional groups attached to an aromatic ring is 1. The number of aliphatic hydroxyl groups excluding tert-OH is 1. The summed E-state index contributed by atoms with van der Waals surface area (Å²) in [6.07, 6.45) is 2.79. The molecule has 0 fully saturated rings. The normalized spacial score (nSPS) is 10.9. The standard InChI is InChI=1S/C13H17FN4OS/c14-11-6-4-10(5-7-11)12-16-17-13(18(12)15)20-9-3-1-2-8-19/h4-7,19H,1-3,8-9,15H2. The largest absolute Gasteiger partial charge is 0.396 e. The average molecular weight is 296 g/mol. The van der Waals surface area contributed by atoms with Gasteiger partial charge in [-0.15, -0.1) is 10.2 Å².